The molecule has 9 aromatic carbocycles. The lowest BCUT2D eigenvalue weighted by molar-refractivity contribution is 0.317. The number of nitrogens with one attached hydrogen (secondary N) is 2. The van der Waals surface area contributed by atoms with Crippen LogP contribution in [0.4, 0.5) is 17.1 Å². The van der Waals surface area contributed by atoms with E-state index in [0.29, 0.717) is 0 Å². The number of thiophene rings is 1. The van der Waals surface area contributed by atoms with E-state index in [0.717, 1.165) is 22.6 Å². The van der Waals surface area contributed by atoms with Crippen molar-refractivity contribution in [3.8, 4) is 33.4 Å². The van der Waals surface area contributed by atoms with E-state index in [1.54, 1.807) is 0 Å². The smallest absolute Gasteiger partial charge is 0.0821 e. The molecule has 10 aromatic rings. The molecule has 1 aromatic heterocycles. The summed E-state index contributed by atoms with van der Waals surface area (Å²) in [6.07, 6.45) is -0.627. The minimum atomic E-state index is -0.265. The highest BCUT2D eigenvalue weighted by atomic mass is 32.1. The molecule has 298 valence electrons. The molecule has 2 heterocycles. The van der Waals surface area contributed by atoms with Crippen LogP contribution in [-0.2, 0) is 0 Å². The molecule has 0 radical (unpaired) electrons. The monoisotopic (exact) mass is 815 g/mol. The Balaban J connectivity index is 0.996. The maximum Gasteiger partial charge on any atom is 0.0821 e. The van der Waals surface area contributed by atoms with Crippen molar-refractivity contribution in [1.82, 2.24) is 10.6 Å². The number of rotatable bonds is 9. The van der Waals surface area contributed by atoms with Gasteiger partial charge in [0, 0.05) is 37.2 Å². The fourth-order valence-electron chi connectivity index (χ4n) is 8.92. The van der Waals surface area contributed by atoms with E-state index in [1.807, 2.05) is 11.3 Å². The van der Waals surface area contributed by atoms with Crippen LogP contribution in [0, 0.1) is 0 Å². The first-order chi connectivity index (χ1) is 30.7. The predicted octanol–water partition coefficient (Wildman–Crippen LogP) is 15.5. The van der Waals surface area contributed by atoms with Crippen molar-refractivity contribution in [1.29, 1.82) is 0 Å². The Morgan fingerprint density at radius 2 is 0.887 bits per heavy atom. The van der Waals surface area contributed by atoms with Crippen LogP contribution in [0.1, 0.15) is 35.2 Å². The summed E-state index contributed by atoms with van der Waals surface area (Å²) >= 11 is 1.84. The van der Waals surface area contributed by atoms with Crippen LogP contribution < -0.4 is 15.5 Å². The first-order valence-corrected chi connectivity index (χ1v) is 22.0. The number of hydrogen-bond donors (Lipinski definition) is 2. The number of nitrogens with zero attached hydrogens (tertiary/aromatic N) is 2. The minimum absolute atomic E-state index is 0.152. The summed E-state index contributed by atoms with van der Waals surface area (Å²) in [5.74, 6) is 0. The van der Waals surface area contributed by atoms with Gasteiger partial charge in [-0.25, -0.2) is 0 Å². The molecule has 2 N–H and O–H groups in total. The first-order valence-electron chi connectivity index (χ1n) is 21.2. The van der Waals surface area contributed by atoms with Gasteiger partial charge in [0.15, 0.2) is 0 Å². The predicted molar refractivity (Wildman–Crippen MR) is 261 cm³/mol. The van der Waals surface area contributed by atoms with Gasteiger partial charge in [0.25, 0.3) is 0 Å². The number of hydrogen-bond acceptors (Lipinski definition) is 4. The molecule has 1 aliphatic rings. The molecule has 11 rings (SSSR count). The second kappa shape index (κ2) is 16.7. The standard InChI is InChI=1S/C57H43N4S/c1-5-16-39(17-6-1)41-28-32-45(33-29-41)61(46-34-30-42(31-35-46)40-18-7-2-8-19-40)47-36-37-50-53(38-47)62-52-27-15-26-51(54(50)52)57-59-55(44-22-11-4-12-23-44)58-56(60-57)49-25-14-13-24-48(49)43-20-9-3-10-21-43/h1-38,55-58,60H/q-1. The Hall–Kier alpha value is -7.12. The Labute approximate surface area is 366 Å². The highest BCUT2D eigenvalue weighted by Gasteiger charge is 2.26. The van der Waals surface area contributed by atoms with Gasteiger partial charge in [-0.3, -0.25) is 0 Å². The SMILES string of the molecule is c1ccc(-c2ccc(N(c3ccc(-c4ccccc4)cc3)c3ccc4c(c3)sc3cccc(C5[N-]C(c6ccccc6)NC(c6ccccc6-c6ccccc6)N5)c34)cc2)cc1. The van der Waals surface area contributed by atoms with Gasteiger partial charge in [0.1, 0.15) is 0 Å². The molecule has 1 fully saturated rings. The third-order valence-electron chi connectivity index (χ3n) is 12.0. The highest BCUT2D eigenvalue weighted by Crippen LogP contribution is 2.46. The molecular weight excluding hydrogens is 773 g/mol. The molecule has 0 bridgehead atoms. The van der Waals surface area contributed by atoms with E-state index in [4.69, 9.17) is 5.32 Å². The number of fused-ring (bicyclic) bond motifs is 3. The van der Waals surface area contributed by atoms with Crippen molar-refractivity contribution >= 4 is 48.6 Å². The van der Waals surface area contributed by atoms with Crippen molar-refractivity contribution in [2.45, 2.75) is 18.5 Å². The molecule has 1 aliphatic heterocycles. The third-order valence-corrected chi connectivity index (χ3v) is 13.1. The Kier molecular flexibility index (Phi) is 10.2. The van der Waals surface area contributed by atoms with Crippen LogP contribution in [0.3, 0.4) is 0 Å². The largest absolute Gasteiger partial charge is 0.624 e. The summed E-state index contributed by atoms with van der Waals surface area (Å²) in [5.41, 5.74) is 14.0. The molecule has 3 unspecified atom stereocenters. The third kappa shape index (κ3) is 7.38. The quantitative estimate of drug-likeness (QED) is 0.152. The summed E-state index contributed by atoms with van der Waals surface area (Å²) in [6, 6.07) is 82.6. The van der Waals surface area contributed by atoms with Gasteiger partial charge in [-0.1, -0.05) is 206 Å². The summed E-state index contributed by atoms with van der Waals surface area (Å²) in [5, 5.41) is 15.8. The zero-order valence-corrected chi connectivity index (χ0v) is 34.8. The molecular formula is C57H43N4S-. The van der Waals surface area contributed by atoms with Gasteiger partial charge in [0.2, 0.25) is 0 Å². The van der Waals surface area contributed by atoms with Crippen LogP contribution in [0.5, 0.6) is 0 Å². The van der Waals surface area contributed by atoms with Crippen molar-refractivity contribution in [2.75, 3.05) is 4.90 Å². The fourth-order valence-corrected chi connectivity index (χ4v) is 10.1. The van der Waals surface area contributed by atoms with Crippen LogP contribution in [0.2, 0.25) is 0 Å². The topological polar surface area (TPSA) is 41.4 Å². The summed E-state index contributed by atoms with van der Waals surface area (Å²) in [7, 11) is 0. The van der Waals surface area contributed by atoms with E-state index in [-0.39, 0.29) is 18.5 Å². The van der Waals surface area contributed by atoms with Crippen LogP contribution in [0.15, 0.2) is 231 Å². The second-order valence-corrected chi connectivity index (χ2v) is 16.8. The van der Waals surface area contributed by atoms with Crippen LogP contribution in [0.25, 0.3) is 58.9 Å². The maximum atomic E-state index is 5.49. The van der Waals surface area contributed by atoms with Gasteiger partial charge >= 0.3 is 0 Å². The average Bonchev–Trinajstić information content (AvgIpc) is 3.74. The summed E-state index contributed by atoms with van der Waals surface area (Å²) in [4.78, 5) is 2.37. The molecule has 0 spiro atoms. The van der Waals surface area contributed by atoms with Crippen molar-refractivity contribution in [2.24, 2.45) is 0 Å². The Morgan fingerprint density at radius 1 is 0.387 bits per heavy atom. The molecule has 3 atom stereocenters. The Bertz CT molecular complexity index is 3010. The van der Waals surface area contributed by atoms with Gasteiger partial charge in [-0.2, -0.15) is 0 Å². The number of benzene rings is 9. The van der Waals surface area contributed by atoms with E-state index in [1.165, 1.54) is 64.7 Å². The van der Waals surface area contributed by atoms with E-state index in [9.17, 15) is 0 Å². The van der Waals surface area contributed by atoms with E-state index >= 15 is 0 Å². The molecule has 4 nitrogen and oxygen atoms in total. The summed E-state index contributed by atoms with van der Waals surface area (Å²) in [6.45, 7) is 0. The minimum Gasteiger partial charge on any atom is -0.624 e. The molecule has 0 saturated carbocycles. The summed E-state index contributed by atoms with van der Waals surface area (Å²) < 4.78 is 2.48. The van der Waals surface area contributed by atoms with Crippen LogP contribution >= 0.6 is 11.3 Å². The lowest BCUT2D eigenvalue weighted by atomic mass is 9.95. The van der Waals surface area contributed by atoms with Gasteiger partial charge in [-0.15, -0.1) is 11.3 Å². The van der Waals surface area contributed by atoms with Crippen molar-refractivity contribution in [3.63, 3.8) is 0 Å². The molecule has 5 heteroatoms. The van der Waals surface area contributed by atoms with Crippen molar-refractivity contribution in [3.05, 3.63) is 253 Å². The molecule has 0 amide bonds. The molecule has 0 aliphatic carbocycles. The average molecular weight is 816 g/mol. The van der Waals surface area contributed by atoms with Crippen LogP contribution in [-0.4, -0.2) is 0 Å². The van der Waals surface area contributed by atoms with Gasteiger partial charge in [0.05, 0.1) is 6.17 Å². The van der Waals surface area contributed by atoms with Gasteiger partial charge in [-0.05, 0) is 87.0 Å². The molecule has 1 saturated heterocycles. The van der Waals surface area contributed by atoms with Crippen molar-refractivity contribution < 1.29 is 0 Å². The zero-order valence-electron chi connectivity index (χ0n) is 34.0. The second-order valence-electron chi connectivity index (χ2n) is 15.7. The lowest BCUT2D eigenvalue weighted by Gasteiger charge is -2.50. The normalized spacial score (nSPS) is 16.4. The lowest BCUT2D eigenvalue weighted by Crippen LogP contribution is -2.44. The zero-order chi connectivity index (χ0) is 41.2. The number of anilines is 3. The van der Waals surface area contributed by atoms with E-state index in [2.05, 4.69) is 246 Å². The Morgan fingerprint density at radius 3 is 1.52 bits per heavy atom. The molecule has 62 heavy (non-hydrogen) atoms. The fraction of sp³-hybridized carbons (Fsp3) is 0.0526. The first kappa shape index (κ1) is 37.8. The maximum absolute atomic E-state index is 5.49. The highest BCUT2D eigenvalue weighted by molar-refractivity contribution is 7.25. The van der Waals surface area contributed by atoms with E-state index < -0.39 is 0 Å². The van der Waals surface area contributed by atoms with Gasteiger partial charge < -0.3 is 20.9 Å².